The Labute approximate surface area is 130 Å². The van der Waals surface area contributed by atoms with Gasteiger partial charge in [0, 0.05) is 30.4 Å². The average Bonchev–Trinajstić information content (AvgIpc) is 2.78. The molecule has 2 N–H and O–H groups in total. The van der Waals surface area contributed by atoms with Crippen LogP contribution in [0.15, 0.2) is 6.07 Å². The van der Waals surface area contributed by atoms with E-state index in [1.54, 1.807) is 6.92 Å². The molecule has 1 unspecified atom stereocenters. The Morgan fingerprint density at radius 2 is 2.14 bits per heavy atom. The summed E-state index contributed by atoms with van der Waals surface area (Å²) in [5, 5.41) is 16.4. The standard InChI is InChI=1S/C16H24N4O2/c1-10-9-15-18-12(3)14(13(4)20(15)19-10)5-6-16(22)17-8-7-11(2)21/h9,11,21H,5-8H2,1-4H3,(H,17,22). The maximum absolute atomic E-state index is 11.9. The minimum atomic E-state index is -0.389. The Morgan fingerprint density at radius 3 is 2.82 bits per heavy atom. The van der Waals surface area contributed by atoms with E-state index in [0.717, 1.165) is 28.3 Å². The molecule has 0 radical (unpaired) electrons. The second kappa shape index (κ2) is 6.87. The first-order valence-electron chi connectivity index (χ1n) is 7.65. The van der Waals surface area contributed by atoms with Crippen molar-refractivity contribution >= 4 is 11.6 Å². The number of hydrogen-bond acceptors (Lipinski definition) is 4. The van der Waals surface area contributed by atoms with E-state index in [-0.39, 0.29) is 12.0 Å². The molecule has 0 spiro atoms. The van der Waals surface area contributed by atoms with Gasteiger partial charge < -0.3 is 10.4 Å². The highest BCUT2D eigenvalue weighted by Gasteiger charge is 2.12. The fourth-order valence-electron chi connectivity index (χ4n) is 2.55. The molecule has 0 aliphatic heterocycles. The number of hydrogen-bond donors (Lipinski definition) is 2. The van der Waals surface area contributed by atoms with Gasteiger partial charge in [-0.15, -0.1) is 0 Å². The van der Waals surface area contributed by atoms with Crippen LogP contribution in [0.4, 0.5) is 0 Å². The van der Waals surface area contributed by atoms with Gasteiger partial charge in [0.25, 0.3) is 0 Å². The van der Waals surface area contributed by atoms with Crippen LogP contribution in [-0.2, 0) is 11.2 Å². The third-order valence-electron chi connectivity index (χ3n) is 3.77. The third-order valence-corrected chi connectivity index (χ3v) is 3.77. The summed E-state index contributed by atoms with van der Waals surface area (Å²) >= 11 is 0. The molecular weight excluding hydrogens is 280 g/mol. The molecule has 0 aliphatic rings. The summed E-state index contributed by atoms with van der Waals surface area (Å²) < 4.78 is 1.84. The highest BCUT2D eigenvalue weighted by molar-refractivity contribution is 5.76. The molecule has 0 aromatic carbocycles. The van der Waals surface area contributed by atoms with Crippen molar-refractivity contribution in [1.82, 2.24) is 19.9 Å². The van der Waals surface area contributed by atoms with Gasteiger partial charge in [0.05, 0.1) is 11.8 Å². The fraction of sp³-hybridized carbons (Fsp3) is 0.562. The molecule has 0 saturated heterocycles. The van der Waals surface area contributed by atoms with E-state index < -0.39 is 0 Å². The molecule has 0 aliphatic carbocycles. The lowest BCUT2D eigenvalue weighted by atomic mass is 10.1. The van der Waals surface area contributed by atoms with Crippen LogP contribution < -0.4 is 5.32 Å². The fourth-order valence-corrected chi connectivity index (χ4v) is 2.55. The molecule has 6 heteroatoms. The summed E-state index contributed by atoms with van der Waals surface area (Å²) in [7, 11) is 0. The van der Waals surface area contributed by atoms with Crippen molar-refractivity contribution in [3.8, 4) is 0 Å². The summed E-state index contributed by atoms with van der Waals surface area (Å²) in [5.41, 5.74) is 4.83. The number of aryl methyl sites for hydroxylation is 3. The molecule has 2 aromatic heterocycles. The van der Waals surface area contributed by atoms with Gasteiger partial charge in [-0.3, -0.25) is 4.79 Å². The van der Waals surface area contributed by atoms with Crippen LogP contribution in [0, 0.1) is 20.8 Å². The van der Waals surface area contributed by atoms with E-state index in [1.165, 1.54) is 0 Å². The summed E-state index contributed by atoms with van der Waals surface area (Å²) in [6.07, 6.45) is 1.23. The topological polar surface area (TPSA) is 79.5 Å². The van der Waals surface area contributed by atoms with Crippen LogP contribution in [0.25, 0.3) is 5.65 Å². The van der Waals surface area contributed by atoms with Crippen molar-refractivity contribution in [2.75, 3.05) is 6.54 Å². The molecule has 0 saturated carbocycles. The van der Waals surface area contributed by atoms with Gasteiger partial charge in [-0.2, -0.15) is 5.10 Å². The molecule has 0 bridgehead atoms. The van der Waals surface area contributed by atoms with Gasteiger partial charge in [0.2, 0.25) is 5.91 Å². The highest BCUT2D eigenvalue weighted by Crippen LogP contribution is 2.16. The number of aliphatic hydroxyl groups excluding tert-OH is 1. The number of amides is 1. The number of aliphatic hydroxyl groups is 1. The molecule has 1 atom stereocenters. The van der Waals surface area contributed by atoms with Crippen LogP contribution >= 0.6 is 0 Å². The highest BCUT2D eigenvalue weighted by atomic mass is 16.3. The van der Waals surface area contributed by atoms with Crippen LogP contribution in [0.3, 0.4) is 0 Å². The first-order valence-corrected chi connectivity index (χ1v) is 7.65. The summed E-state index contributed by atoms with van der Waals surface area (Å²) in [6, 6.07) is 1.95. The summed E-state index contributed by atoms with van der Waals surface area (Å²) in [6.45, 7) is 8.14. The maximum Gasteiger partial charge on any atom is 0.220 e. The Kier molecular flexibility index (Phi) is 5.13. The maximum atomic E-state index is 11.9. The molecule has 0 fully saturated rings. The molecule has 2 aromatic rings. The first kappa shape index (κ1) is 16.4. The molecule has 6 nitrogen and oxygen atoms in total. The Balaban J connectivity index is 2.03. The van der Waals surface area contributed by atoms with Gasteiger partial charge in [-0.05, 0) is 46.1 Å². The molecule has 2 rings (SSSR count). The van der Waals surface area contributed by atoms with Gasteiger partial charge in [0.1, 0.15) is 0 Å². The average molecular weight is 304 g/mol. The number of aromatic nitrogens is 3. The van der Waals surface area contributed by atoms with Crippen LogP contribution in [0.1, 0.15) is 42.4 Å². The zero-order valence-corrected chi connectivity index (χ0v) is 13.7. The van der Waals surface area contributed by atoms with E-state index in [2.05, 4.69) is 15.4 Å². The molecule has 1 amide bonds. The number of nitrogens with one attached hydrogen (secondary N) is 1. The van der Waals surface area contributed by atoms with Crippen molar-refractivity contribution in [3.63, 3.8) is 0 Å². The second-order valence-corrected chi connectivity index (χ2v) is 5.80. The van der Waals surface area contributed by atoms with Crippen molar-refractivity contribution in [1.29, 1.82) is 0 Å². The van der Waals surface area contributed by atoms with Crippen molar-refractivity contribution in [2.24, 2.45) is 0 Å². The lowest BCUT2D eigenvalue weighted by Crippen LogP contribution is -2.26. The largest absolute Gasteiger partial charge is 0.393 e. The van der Waals surface area contributed by atoms with Gasteiger partial charge >= 0.3 is 0 Å². The predicted octanol–water partition coefficient (Wildman–Crippen LogP) is 1.47. The van der Waals surface area contributed by atoms with E-state index in [0.29, 0.717) is 25.8 Å². The minimum absolute atomic E-state index is 0.00353. The number of nitrogens with zero attached hydrogens (tertiary/aromatic N) is 3. The van der Waals surface area contributed by atoms with Crippen LogP contribution in [0.2, 0.25) is 0 Å². The first-order chi connectivity index (χ1) is 10.4. The second-order valence-electron chi connectivity index (χ2n) is 5.80. The minimum Gasteiger partial charge on any atom is -0.393 e. The normalized spacial score (nSPS) is 12.6. The quantitative estimate of drug-likeness (QED) is 0.847. The van der Waals surface area contributed by atoms with E-state index in [1.807, 2.05) is 31.4 Å². The van der Waals surface area contributed by atoms with E-state index in [9.17, 15) is 9.90 Å². The van der Waals surface area contributed by atoms with E-state index >= 15 is 0 Å². The number of carbonyl (C=O) groups excluding carboxylic acids is 1. The lowest BCUT2D eigenvalue weighted by Gasteiger charge is -2.11. The number of fused-ring (bicyclic) bond motifs is 1. The smallest absolute Gasteiger partial charge is 0.220 e. The Bertz CT molecular complexity index is 676. The van der Waals surface area contributed by atoms with Gasteiger partial charge in [0.15, 0.2) is 5.65 Å². The van der Waals surface area contributed by atoms with Gasteiger partial charge in [-0.1, -0.05) is 0 Å². The third kappa shape index (κ3) is 3.82. The van der Waals surface area contributed by atoms with Crippen molar-refractivity contribution in [3.05, 3.63) is 28.7 Å². The Morgan fingerprint density at radius 1 is 1.41 bits per heavy atom. The molecule has 120 valence electrons. The van der Waals surface area contributed by atoms with Crippen LogP contribution in [-0.4, -0.2) is 38.3 Å². The molecule has 22 heavy (non-hydrogen) atoms. The SMILES string of the molecule is Cc1cc2nc(C)c(CCC(=O)NCCC(C)O)c(C)n2n1. The zero-order chi connectivity index (χ0) is 16.3. The summed E-state index contributed by atoms with van der Waals surface area (Å²) in [5.74, 6) is -0.00353. The summed E-state index contributed by atoms with van der Waals surface area (Å²) in [4.78, 5) is 16.4. The number of carbonyl (C=O) groups is 1. The van der Waals surface area contributed by atoms with Gasteiger partial charge in [-0.25, -0.2) is 9.50 Å². The monoisotopic (exact) mass is 304 g/mol. The molecular formula is C16H24N4O2. The van der Waals surface area contributed by atoms with Crippen molar-refractivity contribution < 1.29 is 9.90 Å². The predicted molar refractivity (Wildman–Crippen MR) is 84.8 cm³/mol. The van der Waals surface area contributed by atoms with Crippen LogP contribution in [0.5, 0.6) is 0 Å². The van der Waals surface area contributed by atoms with E-state index in [4.69, 9.17) is 0 Å². The lowest BCUT2D eigenvalue weighted by molar-refractivity contribution is -0.121. The Hall–Kier alpha value is -1.95. The van der Waals surface area contributed by atoms with Crippen molar-refractivity contribution in [2.45, 2.75) is 53.1 Å². The molecule has 2 heterocycles. The number of rotatable bonds is 6. The zero-order valence-electron chi connectivity index (χ0n) is 13.7.